The Morgan fingerprint density at radius 2 is 1.97 bits per heavy atom. The van der Waals surface area contributed by atoms with Crippen molar-refractivity contribution in [1.29, 1.82) is 0 Å². The highest BCUT2D eigenvalue weighted by Crippen LogP contribution is 2.38. The standard InChI is InChI=1S/C23H23ClN6O3S/c1-29-9-8-13-10-18(33-2)16(25)11-15(13)20(29)22-26-23(21(24)27-28-22)30-12-19(34(3,31)32)14-6-4-5-7-17(14)30/h4-7,10-12,20H,8-9,25H2,1-3H3. The summed E-state index contributed by atoms with van der Waals surface area (Å²) in [6.45, 7) is 0.775. The molecule has 0 saturated carbocycles. The second kappa shape index (κ2) is 8.23. The van der Waals surface area contributed by atoms with E-state index < -0.39 is 9.84 Å². The first-order valence-electron chi connectivity index (χ1n) is 10.6. The number of benzene rings is 2. The molecular formula is C23H23ClN6O3S. The molecule has 0 amide bonds. The Hall–Kier alpha value is -3.21. The van der Waals surface area contributed by atoms with E-state index >= 15 is 0 Å². The van der Waals surface area contributed by atoms with E-state index in [-0.39, 0.29) is 16.1 Å². The number of ether oxygens (including phenoxy) is 1. The van der Waals surface area contributed by atoms with Crippen LogP contribution in [0.3, 0.4) is 0 Å². The van der Waals surface area contributed by atoms with E-state index in [9.17, 15) is 8.42 Å². The fourth-order valence-corrected chi connectivity index (χ4v) is 5.55. The zero-order valence-electron chi connectivity index (χ0n) is 18.9. The van der Waals surface area contributed by atoms with Gasteiger partial charge in [0.05, 0.1) is 29.3 Å². The average molecular weight is 499 g/mol. The first-order chi connectivity index (χ1) is 16.2. The van der Waals surface area contributed by atoms with Gasteiger partial charge in [-0.3, -0.25) is 9.47 Å². The molecule has 3 heterocycles. The fourth-order valence-electron chi connectivity index (χ4n) is 4.51. The number of hydrogen-bond donors (Lipinski definition) is 1. The van der Waals surface area contributed by atoms with E-state index in [0.717, 1.165) is 24.1 Å². The van der Waals surface area contributed by atoms with Gasteiger partial charge in [-0.1, -0.05) is 29.8 Å². The normalized spacial score (nSPS) is 16.5. The van der Waals surface area contributed by atoms with Crippen molar-refractivity contribution < 1.29 is 13.2 Å². The summed E-state index contributed by atoms with van der Waals surface area (Å²) in [4.78, 5) is 7.10. The molecule has 0 fully saturated rings. The Morgan fingerprint density at radius 3 is 2.71 bits per heavy atom. The van der Waals surface area contributed by atoms with E-state index in [1.165, 1.54) is 12.5 Å². The molecule has 0 aliphatic carbocycles. The lowest BCUT2D eigenvalue weighted by Crippen LogP contribution is -2.34. The maximum Gasteiger partial charge on any atom is 0.195 e. The molecule has 0 spiro atoms. The van der Waals surface area contributed by atoms with Crippen molar-refractivity contribution in [3.8, 4) is 11.6 Å². The fraction of sp³-hybridized carbons (Fsp3) is 0.261. The van der Waals surface area contributed by atoms with Gasteiger partial charge in [0, 0.05) is 24.4 Å². The lowest BCUT2D eigenvalue weighted by atomic mass is 9.91. The molecule has 176 valence electrons. The predicted octanol–water partition coefficient (Wildman–Crippen LogP) is 3.04. The molecule has 1 aliphatic heterocycles. The molecule has 1 unspecified atom stereocenters. The monoisotopic (exact) mass is 498 g/mol. The number of halogens is 1. The van der Waals surface area contributed by atoms with E-state index in [1.54, 1.807) is 23.8 Å². The van der Waals surface area contributed by atoms with Gasteiger partial charge in [-0.15, -0.1) is 10.2 Å². The molecule has 9 nitrogen and oxygen atoms in total. The summed E-state index contributed by atoms with van der Waals surface area (Å²) in [5.41, 5.74) is 9.46. The Kier molecular flexibility index (Phi) is 5.46. The van der Waals surface area contributed by atoms with Crippen molar-refractivity contribution in [1.82, 2.24) is 24.6 Å². The third-order valence-electron chi connectivity index (χ3n) is 6.15. The summed E-state index contributed by atoms with van der Waals surface area (Å²) in [6, 6.07) is 10.7. The van der Waals surface area contributed by atoms with Crippen molar-refractivity contribution in [3.63, 3.8) is 0 Å². The number of likely N-dealkylation sites (N-methyl/N-ethyl adjacent to an activating group) is 1. The number of nitrogens with zero attached hydrogens (tertiary/aromatic N) is 5. The highest BCUT2D eigenvalue weighted by molar-refractivity contribution is 7.91. The first-order valence-corrected chi connectivity index (χ1v) is 12.8. The largest absolute Gasteiger partial charge is 0.495 e. The van der Waals surface area contributed by atoms with Crippen LogP contribution in [-0.2, 0) is 16.3 Å². The van der Waals surface area contributed by atoms with Gasteiger partial charge in [0.25, 0.3) is 0 Å². The molecule has 11 heteroatoms. The zero-order valence-corrected chi connectivity index (χ0v) is 20.4. The number of hydrogen-bond acceptors (Lipinski definition) is 8. The summed E-state index contributed by atoms with van der Waals surface area (Å²) in [5, 5.41) is 9.13. The highest BCUT2D eigenvalue weighted by atomic mass is 35.5. The summed E-state index contributed by atoms with van der Waals surface area (Å²) < 4.78 is 31.9. The molecule has 2 aromatic heterocycles. The van der Waals surface area contributed by atoms with E-state index in [2.05, 4.69) is 15.1 Å². The van der Waals surface area contributed by atoms with E-state index in [1.807, 2.05) is 31.3 Å². The van der Waals surface area contributed by atoms with Gasteiger partial charge in [0.1, 0.15) is 5.75 Å². The Morgan fingerprint density at radius 1 is 1.21 bits per heavy atom. The van der Waals surface area contributed by atoms with Crippen molar-refractivity contribution in [3.05, 3.63) is 64.7 Å². The first kappa shape index (κ1) is 22.6. The number of nitrogen functional groups attached to an aromatic ring is 1. The highest BCUT2D eigenvalue weighted by Gasteiger charge is 2.31. The lowest BCUT2D eigenvalue weighted by Gasteiger charge is -2.34. The SMILES string of the molecule is COc1cc2c(cc1N)C(c1nnc(Cl)c(-n3cc(S(C)(=O)=O)c4ccccc43)n1)N(C)CC2. The molecule has 2 N–H and O–H groups in total. The molecule has 0 radical (unpaired) electrons. The molecule has 5 rings (SSSR count). The van der Waals surface area contributed by atoms with Crippen LogP contribution in [0.25, 0.3) is 16.7 Å². The van der Waals surface area contributed by atoms with Crippen LogP contribution in [0, 0.1) is 0 Å². The molecule has 34 heavy (non-hydrogen) atoms. The van der Waals surface area contributed by atoms with Crippen LogP contribution in [0.1, 0.15) is 23.0 Å². The van der Waals surface area contributed by atoms with Gasteiger partial charge in [-0.05, 0) is 42.8 Å². The maximum absolute atomic E-state index is 12.4. The third-order valence-corrected chi connectivity index (χ3v) is 7.52. The van der Waals surface area contributed by atoms with Gasteiger partial charge >= 0.3 is 0 Å². The summed E-state index contributed by atoms with van der Waals surface area (Å²) >= 11 is 6.44. The lowest BCUT2D eigenvalue weighted by molar-refractivity contribution is 0.253. The van der Waals surface area contributed by atoms with Crippen LogP contribution in [0.4, 0.5) is 5.69 Å². The topological polar surface area (TPSA) is 116 Å². The summed E-state index contributed by atoms with van der Waals surface area (Å²) in [6.07, 6.45) is 3.53. The smallest absolute Gasteiger partial charge is 0.195 e. The Labute approximate surface area is 202 Å². The quantitative estimate of drug-likeness (QED) is 0.427. The van der Waals surface area contributed by atoms with E-state index in [4.69, 9.17) is 27.1 Å². The van der Waals surface area contributed by atoms with Crippen LogP contribution < -0.4 is 10.5 Å². The van der Waals surface area contributed by atoms with Gasteiger partial charge in [-0.25, -0.2) is 13.4 Å². The second-order valence-corrected chi connectivity index (χ2v) is 10.7. The Bertz CT molecular complexity index is 1540. The third kappa shape index (κ3) is 3.67. The number of para-hydroxylation sites is 1. The summed E-state index contributed by atoms with van der Waals surface area (Å²) in [5.74, 6) is 1.37. The van der Waals surface area contributed by atoms with Gasteiger partial charge in [0.2, 0.25) is 0 Å². The maximum atomic E-state index is 12.4. The number of methoxy groups -OCH3 is 1. The molecule has 2 aromatic carbocycles. The number of nitrogens with two attached hydrogens (primary N) is 1. The number of anilines is 1. The molecular weight excluding hydrogens is 476 g/mol. The van der Waals surface area contributed by atoms with Crippen LogP contribution in [0.5, 0.6) is 5.75 Å². The summed E-state index contributed by atoms with van der Waals surface area (Å²) in [7, 11) is 0.0952. The van der Waals surface area contributed by atoms with Gasteiger partial charge in [-0.2, -0.15) is 0 Å². The minimum atomic E-state index is -3.48. The number of sulfone groups is 1. The number of aromatic nitrogens is 4. The van der Waals surface area contributed by atoms with Crippen molar-refractivity contribution in [2.24, 2.45) is 0 Å². The van der Waals surface area contributed by atoms with Crippen molar-refractivity contribution in [2.45, 2.75) is 17.4 Å². The van der Waals surface area contributed by atoms with E-state index in [0.29, 0.717) is 34.0 Å². The van der Waals surface area contributed by atoms with Crippen molar-refractivity contribution >= 4 is 38.0 Å². The second-order valence-electron chi connectivity index (χ2n) is 8.36. The van der Waals surface area contributed by atoms with Crippen LogP contribution in [-0.4, -0.2) is 60.0 Å². The molecule has 0 bridgehead atoms. The molecule has 4 aromatic rings. The molecule has 1 aliphatic rings. The van der Waals surface area contributed by atoms with Crippen LogP contribution in [0.2, 0.25) is 5.15 Å². The zero-order chi connectivity index (χ0) is 24.2. The van der Waals surface area contributed by atoms with Crippen molar-refractivity contribution in [2.75, 3.05) is 32.7 Å². The Balaban J connectivity index is 1.70. The van der Waals surface area contributed by atoms with Crippen LogP contribution >= 0.6 is 11.6 Å². The predicted molar refractivity (Wildman–Crippen MR) is 130 cm³/mol. The van der Waals surface area contributed by atoms with Crippen LogP contribution in [0.15, 0.2) is 47.5 Å². The minimum Gasteiger partial charge on any atom is -0.495 e. The molecule has 0 saturated heterocycles. The average Bonchev–Trinajstić information content (AvgIpc) is 3.19. The number of rotatable bonds is 4. The minimum absolute atomic E-state index is 0.0671. The van der Waals surface area contributed by atoms with Gasteiger partial charge in [0.15, 0.2) is 26.6 Å². The molecule has 1 atom stereocenters. The number of fused-ring (bicyclic) bond motifs is 2. The van der Waals surface area contributed by atoms with Gasteiger partial charge < -0.3 is 10.5 Å².